The summed E-state index contributed by atoms with van der Waals surface area (Å²) in [4.78, 5) is 11.8. The second-order valence-electron chi connectivity index (χ2n) is 6.51. The molecule has 1 saturated carbocycles. The SMILES string of the molecule is CC(C)C(C)NC(=O)C=CC=CC1C(Cl)C1c1ccc(Cl)c(Cl)c1. The van der Waals surface area contributed by atoms with Crippen LogP contribution in [-0.4, -0.2) is 17.3 Å². The van der Waals surface area contributed by atoms with E-state index in [1.165, 1.54) is 6.08 Å². The van der Waals surface area contributed by atoms with Gasteiger partial charge in [0.1, 0.15) is 0 Å². The van der Waals surface area contributed by atoms with Crippen LogP contribution >= 0.6 is 34.8 Å². The molecule has 24 heavy (non-hydrogen) atoms. The smallest absolute Gasteiger partial charge is 0.244 e. The number of hydrogen-bond donors (Lipinski definition) is 1. The van der Waals surface area contributed by atoms with Crippen molar-refractivity contribution in [2.45, 2.75) is 38.1 Å². The van der Waals surface area contributed by atoms with Crippen LogP contribution in [0.15, 0.2) is 42.5 Å². The summed E-state index contributed by atoms with van der Waals surface area (Å²) in [5, 5.41) is 4.06. The molecule has 0 saturated heterocycles. The van der Waals surface area contributed by atoms with Gasteiger partial charge < -0.3 is 5.32 Å². The predicted molar refractivity (Wildman–Crippen MR) is 103 cm³/mol. The van der Waals surface area contributed by atoms with Crippen LogP contribution in [0.4, 0.5) is 0 Å². The van der Waals surface area contributed by atoms with Crippen molar-refractivity contribution >= 4 is 40.7 Å². The third-order valence-electron chi connectivity index (χ3n) is 4.38. The van der Waals surface area contributed by atoms with Crippen molar-refractivity contribution in [3.63, 3.8) is 0 Å². The van der Waals surface area contributed by atoms with Gasteiger partial charge in [-0.3, -0.25) is 4.79 Å². The number of nitrogens with one attached hydrogen (secondary N) is 1. The van der Waals surface area contributed by atoms with Crippen LogP contribution in [0.25, 0.3) is 0 Å². The van der Waals surface area contributed by atoms with E-state index in [1.54, 1.807) is 12.1 Å². The summed E-state index contributed by atoms with van der Waals surface area (Å²) in [7, 11) is 0. The molecule has 0 heterocycles. The van der Waals surface area contributed by atoms with Crippen molar-refractivity contribution in [1.29, 1.82) is 0 Å². The zero-order chi connectivity index (χ0) is 17.9. The molecule has 1 fully saturated rings. The van der Waals surface area contributed by atoms with Gasteiger partial charge in [-0.15, -0.1) is 11.6 Å². The average molecular weight is 387 g/mol. The van der Waals surface area contributed by atoms with E-state index in [1.807, 2.05) is 31.2 Å². The number of carbonyl (C=O) groups is 1. The van der Waals surface area contributed by atoms with Gasteiger partial charge in [0.2, 0.25) is 5.91 Å². The summed E-state index contributed by atoms with van der Waals surface area (Å²) >= 11 is 18.4. The molecule has 1 aromatic carbocycles. The summed E-state index contributed by atoms with van der Waals surface area (Å²) in [6.45, 7) is 6.15. The minimum Gasteiger partial charge on any atom is -0.350 e. The van der Waals surface area contributed by atoms with Crippen molar-refractivity contribution in [2.24, 2.45) is 11.8 Å². The number of alkyl halides is 1. The Labute approximate surface area is 158 Å². The molecular formula is C19H22Cl3NO. The van der Waals surface area contributed by atoms with Gasteiger partial charge in [-0.2, -0.15) is 0 Å². The van der Waals surface area contributed by atoms with Crippen LogP contribution in [0.1, 0.15) is 32.3 Å². The number of hydrogen-bond acceptors (Lipinski definition) is 1. The van der Waals surface area contributed by atoms with Gasteiger partial charge in [0.05, 0.1) is 10.0 Å². The summed E-state index contributed by atoms with van der Waals surface area (Å²) in [6, 6.07) is 5.77. The Hall–Kier alpha value is -0.960. The molecule has 4 atom stereocenters. The maximum Gasteiger partial charge on any atom is 0.244 e. The lowest BCUT2D eigenvalue weighted by Crippen LogP contribution is -2.34. The normalized spacial score (nSPS) is 24.7. The van der Waals surface area contributed by atoms with Gasteiger partial charge in [0, 0.05) is 29.3 Å². The highest BCUT2D eigenvalue weighted by Gasteiger charge is 2.48. The van der Waals surface area contributed by atoms with Crippen LogP contribution in [0.3, 0.4) is 0 Å². The molecule has 0 bridgehead atoms. The Bertz CT molecular complexity index is 654. The molecular weight excluding hydrogens is 365 g/mol. The zero-order valence-corrected chi connectivity index (χ0v) is 16.2. The lowest BCUT2D eigenvalue weighted by molar-refractivity contribution is -0.117. The summed E-state index contributed by atoms with van der Waals surface area (Å²) < 4.78 is 0. The van der Waals surface area contributed by atoms with Crippen molar-refractivity contribution < 1.29 is 4.79 Å². The van der Waals surface area contributed by atoms with Gasteiger partial charge >= 0.3 is 0 Å². The number of benzene rings is 1. The summed E-state index contributed by atoms with van der Waals surface area (Å²) in [5.74, 6) is 0.806. The molecule has 1 aromatic rings. The number of amides is 1. The Morgan fingerprint density at radius 2 is 1.88 bits per heavy atom. The molecule has 2 nitrogen and oxygen atoms in total. The van der Waals surface area contributed by atoms with E-state index in [9.17, 15) is 4.79 Å². The van der Waals surface area contributed by atoms with Gasteiger partial charge in [-0.25, -0.2) is 0 Å². The van der Waals surface area contributed by atoms with Crippen LogP contribution in [-0.2, 0) is 4.79 Å². The molecule has 2 rings (SSSR count). The number of halogens is 3. The minimum atomic E-state index is -0.0832. The van der Waals surface area contributed by atoms with E-state index in [0.29, 0.717) is 16.0 Å². The highest BCUT2D eigenvalue weighted by Crippen LogP contribution is 2.53. The summed E-state index contributed by atoms with van der Waals surface area (Å²) in [6.07, 6.45) is 7.18. The highest BCUT2D eigenvalue weighted by atomic mass is 35.5. The first-order chi connectivity index (χ1) is 11.3. The van der Waals surface area contributed by atoms with Gasteiger partial charge in [0.15, 0.2) is 0 Å². The first-order valence-corrected chi connectivity index (χ1v) is 9.25. The minimum absolute atomic E-state index is 0.0432. The number of carbonyl (C=O) groups excluding carboxylic acids is 1. The van der Waals surface area contributed by atoms with Crippen molar-refractivity contribution in [2.75, 3.05) is 0 Å². The molecule has 0 spiro atoms. The number of rotatable bonds is 6. The Balaban J connectivity index is 1.88. The molecule has 1 N–H and O–H groups in total. The molecule has 130 valence electrons. The molecule has 0 radical (unpaired) electrons. The van der Waals surface area contributed by atoms with Crippen LogP contribution in [0, 0.1) is 11.8 Å². The fraction of sp³-hybridized carbons (Fsp3) is 0.421. The molecule has 1 amide bonds. The maximum atomic E-state index is 11.8. The van der Waals surface area contributed by atoms with Gasteiger partial charge in [-0.05, 0) is 30.5 Å². The summed E-state index contributed by atoms with van der Waals surface area (Å²) in [5.41, 5.74) is 1.09. The predicted octanol–water partition coefficient (Wildman–Crippen LogP) is 5.59. The van der Waals surface area contributed by atoms with E-state index in [0.717, 1.165) is 5.56 Å². The second-order valence-corrected chi connectivity index (χ2v) is 7.82. The largest absolute Gasteiger partial charge is 0.350 e. The van der Waals surface area contributed by atoms with Crippen molar-refractivity contribution in [3.05, 3.63) is 58.1 Å². The lowest BCUT2D eigenvalue weighted by atomic mass is 10.1. The van der Waals surface area contributed by atoms with E-state index in [4.69, 9.17) is 34.8 Å². The Morgan fingerprint density at radius 1 is 1.17 bits per heavy atom. The van der Waals surface area contributed by atoms with E-state index in [2.05, 4.69) is 19.2 Å². The average Bonchev–Trinajstić information content (AvgIpc) is 3.16. The fourth-order valence-electron chi connectivity index (χ4n) is 2.42. The van der Waals surface area contributed by atoms with E-state index >= 15 is 0 Å². The first kappa shape index (κ1) is 19.4. The molecule has 1 aliphatic rings. The van der Waals surface area contributed by atoms with Crippen LogP contribution < -0.4 is 5.32 Å². The third kappa shape index (κ3) is 5.02. The topological polar surface area (TPSA) is 29.1 Å². The number of allylic oxidation sites excluding steroid dienone is 3. The maximum absolute atomic E-state index is 11.8. The molecule has 5 heteroatoms. The third-order valence-corrected chi connectivity index (χ3v) is 5.68. The van der Waals surface area contributed by atoms with Gasteiger partial charge in [-0.1, -0.05) is 61.3 Å². The van der Waals surface area contributed by atoms with Crippen LogP contribution in [0.5, 0.6) is 0 Å². The molecule has 4 unspecified atom stereocenters. The molecule has 1 aliphatic carbocycles. The fourth-order valence-corrected chi connectivity index (χ4v) is 3.20. The zero-order valence-electron chi connectivity index (χ0n) is 14.0. The van der Waals surface area contributed by atoms with Crippen molar-refractivity contribution in [3.8, 4) is 0 Å². The van der Waals surface area contributed by atoms with Gasteiger partial charge in [0.25, 0.3) is 0 Å². The van der Waals surface area contributed by atoms with E-state index < -0.39 is 0 Å². The molecule has 0 aliphatic heterocycles. The highest BCUT2D eigenvalue weighted by molar-refractivity contribution is 6.42. The van der Waals surface area contributed by atoms with Crippen molar-refractivity contribution in [1.82, 2.24) is 5.32 Å². The quantitative estimate of drug-likeness (QED) is 0.385. The molecule has 0 aromatic heterocycles. The second kappa shape index (κ2) is 8.42. The standard InChI is InChI=1S/C19H22Cl3NO/c1-11(2)12(3)23-17(24)7-5-4-6-14-18(19(14)22)13-8-9-15(20)16(21)10-13/h4-12,14,18-19H,1-3H3,(H,23,24). The lowest BCUT2D eigenvalue weighted by Gasteiger charge is -2.15. The monoisotopic (exact) mass is 385 g/mol. The van der Waals surface area contributed by atoms with E-state index in [-0.39, 0.29) is 29.2 Å². The first-order valence-electron chi connectivity index (χ1n) is 8.05. The Morgan fingerprint density at radius 3 is 2.50 bits per heavy atom. The Kier molecular flexibility index (Phi) is 6.79. The van der Waals surface area contributed by atoms with Crippen LogP contribution in [0.2, 0.25) is 10.0 Å².